The Labute approximate surface area is 111 Å². The number of ketones is 1. The number of aryl methyl sites for hydroxylation is 1. The van der Waals surface area contributed by atoms with Gasteiger partial charge in [-0.15, -0.1) is 11.3 Å². The maximum Gasteiger partial charge on any atom is 0.343 e. The van der Waals surface area contributed by atoms with Crippen LogP contribution in [-0.2, 0) is 14.9 Å². The van der Waals surface area contributed by atoms with Crippen molar-refractivity contribution in [2.24, 2.45) is 0 Å². The molecule has 0 saturated carbocycles. The summed E-state index contributed by atoms with van der Waals surface area (Å²) in [5, 5.41) is 10.1. The van der Waals surface area contributed by atoms with Gasteiger partial charge < -0.3 is 9.84 Å². The van der Waals surface area contributed by atoms with Crippen LogP contribution in [0.1, 0.15) is 47.8 Å². The number of carbonyl (C=O) groups excluding carboxylic acids is 2. The number of thiophene rings is 1. The molecule has 0 aliphatic heterocycles. The van der Waals surface area contributed by atoms with Crippen molar-refractivity contribution in [2.45, 2.75) is 40.0 Å². The van der Waals surface area contributed by atoms with Crippen molar-refractivity contribution in [1.82, 2.24) is 0 Å². The summed E-state index contributed by atoms with van der Waals surface area (Å²) in [5.74, 6) is -0.736. The zero-order valence-electron chi connectivity index (χ0n) is 11.3. The zero-order valence-corrected chi connectivity index (χ0v) is 12.1. The summed E-state index contributed by atoms with van der Waals surface area (Å²) in [6.07, 6.45) is 0. The number of esters is 1. The first-order valence-corrected chi connectivity index (χ1v) is 6.56. The molecule has 1 N–H and O–H groups in total. The fourth-order valence-corrected chi connectivity index (χ4v) is 2.75. The van der Waals surface area contributed by atoms with Crippen molar-refractivity contribution in [3.8, 4) is 5.75 Å². The van der Waals surface area contributed by atoms with Crippen LogP contribution >= 0.6 is 11.3 Å². The van der Waals surface area contributed by atoms with Crippen LogP contribution in [-0.4, -0.2) is 23.5 Å². The highest BCUT2D eigenvalue weighted by atomic mass is 32.1. The van der Waals surface area contributed by atoms with E-state index in [-0.39, 0.29) is 23.7 Å². The number of ether oxygens (including phenoxy) is 1. The second kappa shape index (κ2) is 5.10. The molecule has 0 amide bonds. The van der Waals surface area contributed by atoms with Crippen LogP contribution in [0.15, 0.2) is 0 Å². The van der Waals surface area contributed by atoms with Gasteiger partial charge in [-0.1, -0.05) is 0 Å². The van der Waals surface area contributed by atoms with E-state index in [4.69, 9.17) is 4.74 Å². The maximum absolute atomic E-state index is 11.7. The van der Waals surface area contributed by atoms with E-state index in [0.29, 0.717) is 9.75 Å². The summed E-state index contributed by atoms with van der Waals surface area (Å²) in [5.41, 5.74) is -0.629. The van der Waals surface area contributed by atoms with E-state index in [0.717, 1.165) is 0 Å². The monoisotopic (exact) mass is 270 g/mol. The third kappa shape index (κ3) is 2.41. The topological polar surface area (TPSA) is 63.6 Å². The highest BCUT2D eigenvalue weighted by Crippen LogP contribution is 2.42. The summed E-state index contributed by atoms with van der Waals surface area (Å²) in [6, 6.07) is 0. The molecule has 18 heavy (non-hydrogen) atoms. The molecule has 1 heterocycles. The van der Waals surface area contributed by atoms with E-state index in [9.17, 15) is 14.7 Å². The van der Waals surface area contributed by atoms with Crippen molar-refractivity contribution in [3.05, 3.63) is 15.3 Å². The Morgan fingerprint density at radius 3 is 2.39 bits per heavy atom. The highest BCUT2D eigenvalue weighted by Gasteiger charge is 2.34. The Morgan fingerprint density at radius 2 is 1.94 bits per heavy atom. The van der Waals surface area contributed by atoms with Crippen molar-refractivity contribution in [3.63, 3.8) is 0 Å². The summed E-state index contributed by atoms with van der Waals surface area (Å²) in [6.45, 7) is 8.62. The van der Waals surface area contributed by atoms with Gasteiger partial charge in [0, 0.05) is 4.88 Å². The number of carbonyl (C=O) groups is 2. The number of aromatic hydroxyl groups is 1. The SMILES string of the molecule is CCOC(=O)c1c(C)sc(C(C)(C)C(C)=O)c1O. The van der Waals surface area contributed by atoms with Crippen LogP contribution in [0.4, 0.5) is 0 Å². The molecule has 1 aromatic heterocycles. The molecule has 5 heteroatoms. The van der Waals surface area contributed by atoms with E-state index in [2.05, 4.69) is 0 Å². The Kier molecular flexibility index (Phi) is 4.16. The summed E-state index contributed by atoms with van der Waals surface area (Å²) in [7, 11) is 0. The molecule has 4 nitrogen and oxygen atoms in total. The predicted molar refractivity (Wildman–Crippen MR) is 70.4 cm³/mol. The largest absolute Gasteiger partial charge is 0.506 e. The van der Waals surface area contributed by atoms with Crippen molar-refractivity contribution in [1.29, 1.82) is 0 Å². The van der Waals surface area contributed by atoms with Crippen LogP contribution in [0.3, 0.4) is 0 Å². The molecular weight excluding hydrogens is 252 g/mol. The van der Waals surface area contributed by atoms with Crippen molar-refractivity contribution < 1.29 is 19.4 Å². The lowest BCUT2D eigenvalue weighted by Gasteiger charge is -2.19. The first-order chi connectivity index (χ1) is 8.23. The molecule has 0 aliphatic rings. The van der Waals surface area contributed by atoms with E-state index in [1.165, 1.54) is 18.3 Å². The second-order valence-electron chi connectivity index (χ2n) is 4.61. The van der Waals surface area contributed by atoms with Gasteiger partial charge in [-0.3, -0.25) is 4.79 Å². The minimum Gasteiger partial charge on any atom is -0.506 e. The van der Waals surface area contributed by atoms with Gasteiger partial charge in [0.05, 0.1) is 16.9 Å². The lowest BCUT2D eigenvalue weighted by Crippen LogP contribution is -2.25. The summed E-state index contributed by atoms with van der Waals surface area (Å²) >= 11 is 1.26. The molecule has 0 bridgehead atoms. The molecular formula is C13H18O4S. The van der Waals surface area contributed by atoms with Crippen LogP contribution in [0, 0.1) is 6.92 Å². The van der Waals surface area contributed by atoms with Crippen LogP contribution in [0.5, 0.6) is 5.75 Å². The van der Waals surface area contributed by atoms with Gasteiger partial charge in [0.1, 0.15) is 17.1 Å². The molecule has 1 aromatic rings. The van der Waals surface area contributed by atoms with E-state index >= 15 is 0 Å². The van der Waals surface area contributed by atoms with E-state index in [1.807, 2.05) is 0 Å². The Balaban J connectivity index is 3.32. The normalized spacial score (nSPS) is 11.4. The number of rotatable bonds is 4. The molecule has 0 radical (unpaired) electrons. The third-order valence-electron chi connectivity index (χ3n) is 2.99. The third-order valence-corrected chi connectivity index (χ3v) is 4.40. The number of hydrogen-bond donors (Lipinski definition) is 1. The van der Waals surface area contributed by atoms with Gasteiger partial charge >= 0.3 is 5.97 Å². The fourth-order valence-electron chi connectivity index (χ4n) is 1.56. The standard InChI is InChI=1S/C13H18O4S/c1-6-17-12(16)9-7(2)18-11(10(9)15)13(4,5)8(3)14/h15H,6H2,1-5H3. The zero-order chi connectivity index (χ0) is 14.1. The second-order valence-corrected chi connectivity index (χ2v) is 5.84. The Bertz CT molecular complexity index is 485. The first-order valence-electron chi connectivity index (χ1n) is 5.74. The number of Topliss-reactive ketones (excluding diaryl/α,β-unsaturated/α-hetero) is 1. The van der Waals surface area contributed by atoms with Gasteiger partial charge in [0.2, 0.25) is 0 Å². The average Bonchev–Trinajstić information content (AvgIpc) is 2.55. The van der Waals surface area contributed by atoms with Gasteiger partial charge in [-0.05, 0) is 34.6 Å². The lowest BCUT2D eigenvalue weighted by atomic mass is 9.86. The molecule has 1 rings (SSSR count). The minimum atomic E-state index is -0.801. The maximum atomic E-state index is 11.7. The van der Waals surface area contributed by atoms with Gasteiger partial charge in [-0.25, -0.2) is 4.79 Å². The van der Waals surface area contributed by atoms with Gasteiger partial charge in [0.15, 0.2) is 0 Å². The fraction of sp³-hybridized carbons (Fsp3) is 0.538. The van der Waals surface area contributed by atoms with Gasteiger partial charge in [-0.2, -0.15) is 0 Å². The average molecular weight is 270 g/mol. The van der Waals surface area contributed by atoms with Crippen LogP contribution in [0.25, 0.3) is 0 Å². The summed E-state index contributed by atoms with van der Waals surface area (Å²) < 4.78 is 4.90. The molecule has 0 aliphatic carbocycles. The van der Waals surface area contributed by atoms with Crippen LogP contribution < -0.4 is 0 Å². The minimum absolute atomic E-state index is 0.0607. The lowest BCUT2D eigenvalue weighted by molar-refractivity contribution is -0.121. The molecule has 100 valence electrons. The molecule has 0 fully saturated rings. The predicted octanol–water partition coefficient (Wildman–Crippen LogP) is 2.81. The molecule has 0 spiro atoms. The smallest absolute Gasteiger partial charge is 0.343 e. The van der Waals surface area contributed by atoms with Crippen molar-refractivity contribution in [2.75, 3.05) is 6.61 Å². The Morgan fingerprint density at radius 1 is 1.39 bits per heavy atom. The molecule has 0 aromatic carbocycles. The van der Waals surface area contributed by atoms with E-state index < -0.39 is 11.4 Å². The highest BCUT2D eigenvalue weighted by molar-refractivity contribution is 7.13. The van der Waals surface area contributed by atoms with Crippen molar-refractivity contribution >= 4 is 23.1 Å². The molecule has 0 saturated heterocycles. The summed E-state index contributed by atoms with van der Waals surface area (Å²) in [4.78, 5) is 24.5. The van der Waals surface area contributed by atoms with E-state index in [1.54, 1.807) is 27.7 Å². The number of hydrogen-bond acceptors (Lipinski definition) is 5. The first kappa shape index (κ1) is 14.7. The molecule has 0 unspecified atom stereocenters. The van der Waals surface area contributed by atoms with Crippen LogP contribution in [0.2, 0.25) is 0 Å². The molecule has 0 atom stereocenters. The van der Waals surface area contributed by atoms with Gasteiger partial charge in [0.25, 0.3) is 0 Å². The Hall–Kier alpha value is -1.36. The quantitative estimate of drug-likeness (QED) is 0.854.